The van der Waals surface area contributed by atoms with Gasteiger partial charge in [-0.05, 0) is 42.8 Å². The Morgan fingerprint density at radius 1 is 0.771 bits per heavy atom. The average Bonchev–Trinajstić information content (AvgIpc) is 3.64. The smallest absolute Gasteiger partial charge is 0.240 e. The fourth-order valence-electron chi connectivity index (χ4n) is 5.09. The fourth-order valence-corrected chi connectivity index (χ4v) is 5.09. The molecule has 0 spiro atoms. The first-order valence-electron chi connectivity index (χ1n) is 11.3. The molecule has 0 aliphatic heterocycles. The van der Waals surface area contributed by atoms with Crippen LogP contribution in [0.1, 0.15) is 5.56 Å². The van der Waals surface area contributed by atoms with E-state index < -0.39 is 0 Å². The lowest BCUT2D eigenvalue weighted by Crippen LogP contribution is -1.97. The first-order chi connectivity index (χ1) is 17.1. The molecule has 3 aromatic carbocycles. The van der Waals surface area contributed by atoms with E-state index in [2.05, 4.69) is 45.1 Å². The number of aromatic nitrogens is 5. The minimum Gasteiger partial charge on any atom is -0.503 e. The molecule has 0 radical (unpaired) electrons. The van der Waals surface area contributed by atoms with Crippen LogP contribution in [0.25, 0.3) is 60.9 Å². The molecule has 4 heterocycles. The Kier molecular flexibility index (Phi) is 3.93. The summed E-state index contributed by atoms with van der Waals surface area (Å²) in [5, 5.41) is 24.7. The van der Waals surface area contributed by atoms with Gasteiger partial charge in [0.25, 0.3) is 0 Å². The van der Waals surface area contributed by atoms with Gasteiger partial charge in [0.2, 0.25) is 5.88 Å². The van der Waals surface area contributed by atoms with E-state index in [0.29, 0.717) is 16.9 Å². The highest BCUT2D eigenvalue weighted by atomic mass is 16.3. The van der Waals surface area contributed by atoms with Crippen molar-refractivity contribution in [1.82, 2.24) is 24.5 Å². The lowest BCUT2D eigenvalue weighted by atomic mass is 9.99. The van der Waals surface area contributed by atoms with Gasteiger partial charge in [-0.15, -0.1) is 0 Å². The van der Waals surface area contributed by atoms with E-state index in [1.165, 1.54) is 0 Å². The minimum atomic E-state index is -0.222. The highest BCUT2D eigenvalue weighted by molar-refractivity contribution is 6.07. The summed E-state index contributed by atoms with van der Waals surface area (Å²) in [6.45, 7) is 2.05. The number of imidazole rings is 1. The quantitative estimate of drug-likeness (QED) is 0.212. The zero-order valence-electron chi connectivity index (χ0n) is 18.8. The standard InChI is InChI=1S/C28H21N5O2/c1-15-6-8-18-20(13-30-23(18)10-15)26-25(19-12-29-21-5-3-2-4-17(19)21)27(34)28(35)33(26)16-7-9-22-24(11-16)32-14-31-22/h2-14,29-30,34-35H,1H3,(H,31,32). The molecular weight excluding hydrogens is 438 g/mol. The van der Waals surface area contributed by atoms with Crippen LogP contribution in [-0.4, -0.2) is 34.7 Å². The van der Waals surface area contributed by atoms with Crippen molar-refractivity contribution < 1.29 is 10.2 Å². The number of benzene rings is 3. The molecule has 35 heavy (non-hydrogen) atoms. The van der Waals surface area contributed by atoms with Crippen molar-refractivity contribution in [3.63, 3.8) is 0 Å². The molecule has 0 fully saturated rings. The van der Waals surface area contributed by atoms with Crippen molar-refractivity contribution in [2.75, 3.05) is 0 Å². The maximum absolute atomic E-state index is 11.4. The monoisotopic (exact) mass is 459 g/mol. The Morgan fingerprint density at radius 3 is 2.49 bits per heavy atom. The third-order valence-corrected chi connectivity index (χ3v) is 6.73. The number of rotatable bonds is 3. The number of hydrogen-bond donors (Lipinski definition) is 5. The summed E-state index contributed by atoms with van der Waals surface area (Å²) in [5.41, 5.74) is 8.39. The molecule has 7 heteroatoms. The molecule has 170 valence electrons. The third-order valence-electron chi connectivity index (χ3n) is 6.73. The molecule has 0 amide bonds. The summed E-state index contributed by atoms with van der Waals surface area (Å²) in [6.07, 6.45) is 5.45. The topological polar surface area (TPSA) is 106 Å². The highest BCUT2D eigenvalue weighted by Crippen LogP contribution is 2.51. The number of nitrogens with zero attached hydrogens (tertiary/aromatic N) is 2. The minimum absolute atomic E-state index is 0.170. The van der Waals surface area contributed by atoms with Gasteiger partial charge < -0.3 is 25.2 Å². The lowest BCUT2D eigenvalue weighted by molar-refractivity contribution is 0.388. The van der Waals surface area contributed by atoms with Crippen LogP contribution in [-0.2, 0) is 0 Å². The van der Waals surface area contributed by atoms with E-state index in [9.17, 15) is 10.2 Å². The molecule has 7 nitrogen and oxygen atoms in total. The zero-order valence-corrected chi connectivity index (χ0v) is 18.8. The van der Waals surface area contributed by atoms with Crippen LogP contribution >= 0.6 is 0 Å². The second-order valence-corrected chi connectivity index (χ2v) is 8.83. The summed E-state index contributed by atoms with van der Waals surface area (Å²) in [6, 6.07) is 19.9. The average molecular weight is 460 g/mol. The van der Waals surface area contributed by atoms with Crippen LogP contribution in [0.4, 0.5) is 0 Å². The Labute approximate surface area is 199 Å². The maximum atomic E-state index is 11.4. The zero-order chi connectivity index (χ0) is 23.7. The van der Waals surface area contributed by atoms with Gasteiger partial charge in [-0.1, -0.05) is 30.3 Å². The van der Waals surface area contributed by atoms with Gasteiger partial charge in [-0.25, -0.2) is 4.98 Å². The highest BCUT2D eigenvalue weighted by Gasteiger charge is 2.29. The number of nitrogens with one attached hydrogen (secondary N) is 3. The number of para-hydroxylation sites is 1. The van der Waals surface area contributed by atoms with Crippen molar-refractivity contribution in [2.45, 2.75) is 6.92 Å². The number of H-pyrrole nitrogens is 3. The molecule has 4 aromatic heterocycles. The van der Waals surface area contributed by atoms with Gasteiger partial charge in [0.15, 0.2) is 5.75 Å². The summed E-state index contributed by atoms with van der Waals surface area (Å²) < 4.78 is 1.70. The van der Waals surface area contributed by atoms with E-state index in [1.54, 1.807) is 10.9 Å². The molecule has 0 saturated carbocycles. The first-order valence-corrected chi connectivity index (χ1v) is 11.3. The van der Waals surface area contributed by atoms with Crippen LogP contribution in [0, 0.1) is 6.92 Å². The summed E-state index contributed by atoms with van der Waals surface area (Å²) in [5.74, 6) is -0.392. The number of hydrogen-bond acceptors (Lipinski definition) is 3. The van der Waals surface area contributed by atoms with E-state index in [-0.39, 0.29) is 11.6 Å². The molecule has 0 unspecified atom stereocenters. The van der Waals surface area contributed by atoms with Crippen LogP contribution in [0.2, 0.25) is 0 Å². The van der Waals surface area contributed by atoms with Gasteiger partial charge >= 0.3 is 0 Å². The summed E-state index contributed by atoms with van der Waals surface area (Å²) in [7, 11) is 0. The predicted molar refractivity (Wildman–Crippen MR) is 138 cm³/mol. The molecule has 0 atom stereocenters. The molecule has 5 N–H and O–H groups in total. The SMILES string of the molecule is Cc1ccc2c(-c3c(-c4c[nH]c5ccccc45)c(O)c(O)n3-c3ccc4nc[nH]c4c3)c[nH]c2c1. The van der Waals surface area contributed by atoms with E-state index in [4.69, 9.17) is 0 Å². The van der Waals surface area contributed by atoms with Crippen LogP contribution in [0.5, 0.6) is 11.6 Å². The van der Waals surface area contributed by atoms with Crippen molar-refractivity contribution in [3.8, 4) is 39.7 Å². The van der Waals surface area contributed by atoms with Gasteiger partial charge in [-0.3, -0.25) is 4.57 Å². The molecule has 7 rings (SSSR count). The third kappa shape index (κ3) is 2.75. The molecule has 0 bridgehead atoms. The Morgan fingerprint density at radius 2 is 1.57 bits per heavy atom. The lowest BCUT2D eigenvalue weighted by Gasteiger charge is -2.12. The van der Waals surface area contributed by atoms with Crippen LogP contribution in [0.15, 0.2) is 79.4 Å². The molecule has 0 saturated heterocycles. The van der Waals surface area contributed by atoms with Crippen LogP contribution < -0.4 is 0 Å². The normalized spacial score (nSPS) is 11.8. The second kappa shape index (κ2) is 7.04. The van der Waals surface area contributed by atoms with E-state index in [1.807, 2.05) is 54.9 Å². The first kappa shape index (κ1) is 19.5. The van der Waals surface area contributed by atoms with Crippen LogP contribution in [0.3, 0.4) is 0 Å². The number of fused-ring (bicyclic) bond motifs is 3. The van der Waals surface area contributed by atoms with Gasteiger partial charge in [0, 0.05) is 45.3 Å². The molecular formula is C28H21N5O2. The summed E-state index contributed by atoms with van der Waals surface area (Å²) >= 11 is 0. The van der Waals surface area contributed by atoms with Crippen molar-refractivity contribution in [2.24, 2.45) is 0 Å². The maximum Gasteiger partial charge on any atom is 0.240 e. The Bertz CT molecular complexity index is 1900. The van der Waals surface area contributed by atoms with E-state index in [0.717, 1.165) is 49.5 Å². The Balaban J connectivity index is 1.61. The van der Waals surface area contributed by atoms with Crippen molar-refractivity contribution in [3.05, 3.63) is 84.9 Å². The van der Waals surface area contributed by atoms with Crippen molar-refractivity contribution >= 4 is 32.8 Å². The summed E-state index contributed by atoms with van der Waals surface area (Å²) in [4.78, 5) is 14.1. The van der Waals surface area contributed by atoms with Gasteiger partial charge in [-0.2, -0.15) is 0 Å². The predicted octanol–water partition coefficient (Wildman–Crippen LogP) is 6.37. The van der Waals surface area contributed by atoms with Gasteiger partial charge in [0.1, 0.15) is 0 Å². The fraction of sp³-hybridized carbons (Fsp3) is 0.0357. The molecule has 7 aromatic rings. The second-order valence-electron chi connectivity index (χ2n) is 8.83. The van der Waals surface area contributed by atoms with Crippen molar-refractivity contribution in [1.29, 1.82) is 0 Å². The Hall–Kier alpha value is -4.91. The van der Waals surface area contributed by atoms with Gasteiger partial charge in [0.05, 0.1) is 34.3 Å². The number of aromatic hydroxyl groups is 2. The van der Waals surface area contributed by atoms with E-state index >= 15 is 0 Å². The molecule has 0 aliphatic carbocycles. The largest absolute Gasteiger partial charge is 0.503 e. The number of aryl methyl sites for hydroxylation is 1. The molecule has 0 aliphatic rings. The number of aromatic amines is 3.